The van der Waals surface area contributed by atoms with Gasteiger partial charge in [-0.2, -0.15) is 17.9 Å². The number of hydrogen-bond acceptors (Lipinski definition) is 3. The number of nitrogens with zero attached hydrogens (tertiary/aromatic N) is 1. The van der Waals surface area contributed by atoms with Crippen molar-refractivity contribution in [2.45, 2.75) is 19.2 Å². The summed E-state index contributed by atoms with van der Waals surface area (Å²) in [6, 6.07) is 1.31. The smallest absolute Gasteiger partial charge is 0.471 e. The van der Waals surface area contributed by atoms with E-state index in [2.05, 4.69) is 0 Å². The maximum atomic E-state index is 12.1. The van der Waals surface area contributed by atoms with Crippen LogP contribution < -0.4 is 10.0 Å². The summed E-state index contributed by atoms with van der Waals surface area (Å²) >= 11 is 0. The van der Waals surface area contributed by atoms with Crippen LogP contribution in [0.2, 0.25) is 0 Å². The molecule has 1 aliphatic rings. The number of halogens is 3. The first-order valence-electron chi connectivity index (χ1n) is 5.09. The van der Waals surface area contributed by atoms with E-state index in [9.17, 15) is 23.2 Å². The van der Waals surface area contributed by atoms with Crippen molar-refractivity contribution < 1.29 is 27.4 Å². The zero-order valence-corrected chi connectivity index (χ0v) is 9.08. The van der Waals surface area contributed by atoms with Crippen LogP contribution in [0.25, 0.3) is 0 Å². The van der Waals surface area contributed by atoms with Gasteiger partial charge in [0, 0.05) is 5.56 Å². The number of nitrogens with one attached hydrogen (secondary N) is 1. The van der Waals surface area contributed by atoms with Crippen molar-refractivity contribution in [1.29, 1.82) is 0 Å². The Morgan fingerprint density at radius 1 is 1.50 bits per heavy atom. The third-order valence-electron chi connectivity index (χ3n) is 2.48. The van der Waals surface area contributed by atoms with Gasteiger partial charge >= 0.3 is 12.1 Å². The molecule has 0 saturated heterocycles. The van der Waals surface area contributed by atoms with Gasteiger partial charge < -0.3 is 15.3 Å². The van der Waals surface area contributed by atoms with E-state index < -0.39 is 12.1 Å². The van der Waals surface area contributed by atoms with Gasteiger partial charge in [0.25, 0.3) is 0 Å². The molecular weight excluding hydrogens is 253 g/mol. The number of carbonyl (C=O) groups is 1. The highest BCUT2D eigenvalue weighted by molar-refractivity contribution is 5.94. The molecule has 1 aromatic rings. The number of pyridine rings is 1. The van der Waals surface area contributed by atoms with Crippen LogP contribution in [0.5, 0.6) is 0 Å². The fourth-order valence-electron chi connectivity index (χ4n) is 1.67. The summed E-state index contributed by atoms with van der Waals surface area (Å²) in [5.74, 6) is -2.11. The van der Waals surface area contributed by atoms with Crippen molar-refractivity contribution in [2.75, 3.05) is 11.9 Å². The van der Waals surface area contributed by atoms with E-state index in [1.165, 1.54) is 6.07 Å². The van der Waals surface area contributed by atoms with Crippen molar-refractivity contribution in [1.82, 2.24) is 0 Å². The predicted molar refractivity (Wildman–Crippen MR) is 53.4 cm³/mol. The molecule has 0 atom stereocenters. The van der Waals surface area contributed by atoms with Gasteiger partial charge in [-0.1, -0.05) is 0 Å². The van der Waals surface area contributed by atoms with E-state index in [0.29, 0.717) is 29.0 Å². The molecule has 1 N–H and O–H groups in total. The van der Waals surface area contributed by atoms with Crippen molar-refractivity contribution in [3.05, 3.63) is 28.7 Å². The van der Waals surface area contributed by atoms with Gasteiger partial charge in [-0.3, -0.25) is 4.79 Å². The lowest BCUT2D eigenvalue weighted by Gasteiger charge is -2.17. The normalized spacial score (nSPS) is 15.1. The molecule has 2 rings (SSSR count). The molecule has 18 heavy (non-hydrogen) atoms. The number of aromatic nitrogens is 1. The Labute approximate surface area is 99.7 Å². The fourth-order valence-corrected chi connectivity index (χ4v) is 1.67. The summed E-state index contributed by atoms with van der Waals surface area (Å²) in [6.07, 6.45) is -3.68. The van der Waals surface area contributed by atoms with E-state index in [-0.39, 0.29) is 12.3 Å². The zero-order valence-electron chi connectivity index (χ0n) is 9.08. The van der Waals surface area contributed by atoms with E-state index in [1.54, 1.807) is 5.32 Å². The SMILES string of the molecule is O=C(Nc1cc2c([n+]([O-])c1)CCOC2)C(F)(F)F. The molecule has 0 aromatic carbocycles. The van der Waals surface area contributed by atoms with Gasteiger partial charge in [0.15, 0.2) is 0 Å². The molecule has 0 bridgehead atoms. The zero-order chi connectivity index (χ0) is 13.3. The first kappa shape index (κ1) is 12.6. The largest absolute Gasteiger partial charge is 0.618 e. The van der Waals surface area contributed by atoms with Crippen LogP contribution in [0.1, 0.15) is 11.3 Å². The average Bonchev–Trinajstić information content (AvgIpc) is 2.27. The van der Waals surface area contributed by atoms with Crippen molar-refractivity contribution in [3.63, 3.8) is 0 Å². The van der Waals surface area contributed by atoms with Crippen molar-refractivity contribution >= 4 is 11.6 Å². The molecular formula is C10H9F3N2O3. The molecule has 5 nitrogen and oxygen atoms in total. The predicted octanol–water partition coefficient (Wildman–Crippen LogP) is 0.894. The minimum Gasteiger partial charge on any atom is -0.618 e. The van der Waals surface area contributed by atoms with Crippen LogP contribution in [-0.2, 0) is 22.6 Å². The molecule has 0 spiro atoms. The third kappa shape index (κ3) is 2.53. The summed E-state index contributed by atoms with van der Waals surface area (Å²) in [5, 5.41) is 13.2. The van der Waals surface area contributed by atoms with Crippen LogP contribution in [0.4, 0.5) is 18.9 Å². The Morgan fingerprint density at radius 3 is 2.89 bits per heavy atom. The van der Waals surface area contributed by atoms with Crippen LogP contribution in [0.3, 0.4) is 0 Å². The van der Waals surface area contributed by atoms with E-state index in [0.717, 1.165) is 6.20 Å². The topological polar surface area (TPSA) is 65.3 Å². The van der Waals surface area contributed by atoms with Crippen LogP contribution in [0.15, 0.2) is 12.3 Å². The molecule has 98 valence electrons. The number of anilines is 1. The Balaban J connectivity index is 2.25. The Hall–Kier alpha value is -1.83. The summed E-state index contributed by atoms with van der Waals surface area (Å²) in [4.78, 5) is 10.7. The highest BCUT2D eigenvalue weighted by Gasteiger charge is 2.39. The molecule has 2 heterocycles. The number of carbonyl (C=O) groups excluding carboxylic acids is 1. The molecule has 8 heteroatoms. The molecule has 1 aromatic heterocycles. The maximum Gasteiger partial charge on any atom is 0.471 e. The van der Waals surface area contributed by atoms with Gasteiger partial charge in [0.1, 0.15) is 5.69 Å². The lowest BCUT2D eigenvalue weighted by Crippen LogP contribution is -2.37. The molecule has 0 aliphatic carbocycles. The number of ether oxygens (including phenoxy) is 1. The summed E-state index contributed by atoms with van der Waals surface area (Å²) < 4.78 is 41.7. The number of amides is 1. The van der Waals surface area contributed by atoms with E-state index in [1.807, 2.05) is 0 Å². The lowest BCUT2D eigenvalue weighted by molar-refractivity contribution is -0.614. The molecule has 0 fully saturated rings. The molecule has 1 amide bonds. The molecule has 0 radical (unpaired) electrons. The second-order valence-corrected chi connectivity index (χ2v) is 3.78. The Morgan fingerprint density at radius 2 is 2.22 bits per heavy atom. The Kier molecular flexibility index (Phi) is 3.12. The molecule has 0 saturated carbocycles. The van der Waals surface area contributed by atoms with Gasteiger partial charge in [-0.25, -0.2) is 0 Å². The minimum absolute atomic E-state index is 0.146. The van der Waals surface area contributed by atoms with Gasteiger partial charge in [0.05, 0.1) is 19.6 Å². The number of rotatable bonds is 1. The fraction of sp³-hybridized carbons (Fsp3) is 0.400. The van der Waals surface area contributed by atoms with Gasteiger partial charge in [-0.05, 0) is 6.07 Å². The lowest BCUT2D eigenvalue weighted by atomic mass is 10.1. The highest BCUT2D eigenvalue weighted by atomic mass is 19.4. The first-order valence-corrected chi connectivity index (χ1v) is 5.09. The van der Waals surface area contributed by atoms with Crippen LogP contribution in [0, 0.1) is 5.21 Å². The van der Waals surface area contributed by atoms with Crippen LogP contribution >= 0.6 is 0 Å². The molecule has 1 aliphatic heterocycles. The van der Waals surface area contributed by atoms with Crippen molar-refractivity contribution in [2.24, 2.45) is 0 Å². The third-order valence-corrected chi connectivity index (χ3v) is 2.48. The molecule has 0 unspecified atom stereocenters. The first-order chi connectivity index (χ1) is 8.38. The number of hydrogen-bond donors (Lipinski definition) is 1. The minimum atomic E-state index is -4.99. The van der Waals surface area contributed by atoms with E-state index in [4.69, 9.17) is 4.74 Å². The summed E-state index contributed by atoms with van der Waals surface area (Å²) in [5.41, 5.74) is 0.735. The van der Waals surface area contributed by atoms with Gasteiger partial charge in [0.2, 0.25) is 11.9 Å². The highest BCUT2D eigenvalue weighted by Crippen LogP contribution is 2.20. The van der Waals surface area contributed by atoms with Gasteiger partial charge in [-0.15, -0.1) is 0 Å². The van der Waals surface area contributed by atoms with Crippen LogP contribution in [-0.4, -0.2) is 18.7 Å². The maximum absolute atomic E-state index is 12.1. The average molecular weight is 262 g/mol. The number of alkyl halides is 3. The quantitative estimate of drug-likeness (QED) is 0.604. The van der Waals surface area contributed by atoms with Crippen molar-refractivity contribution in [3.8, 4) is 0 Å². The van der Waals surface area contributed by atoms with E-state index >= 15 is 0 Å². The Bertz CT molecular complexity index is 488. The second-order valence-electron chi connectivity index (χ2n) is 3.78. The summed E-state index contributed by atoms with van der Waals surface area (Å²) in [6.45, 7) is 0.538. The second kappa shape index (κ2) is 4.45. The standard InChI is InChI=1S/C10H9F3N2O3/c11-10(12,13)9(16)14-7-3-6-5-18-2-1-8(6)15(17)4-7/h3-4H,1-2,5H2,(H,14,16). The monoisotopic (exact) mass is 262 g/mol. The summed E-state index contributed by atoms with van der Waals surface area (Å²) in [7, 11) is 0. The number of fused-ring (bicyclic) bond motifs is 1.